The summed E-state index contributed by atoms with van der Waals surface area (Å²) in [6, 6.07) is 8.06. The summed E-state index contributed by atoms with van der Waals surface area (Å²) in [7, 11) is 0. The Morgan fingerprint density at radius 2 is 2.25 bits per heavy atom. The molecule has 3 N–H and O–H groups in total. The Morgan fingerprint density at radius 3 is 2.95 bits per heavy atom. The van der Waals surface area contributed by atoms with Crippen LogP contribution in [0, 0.1) is 12.8 Å². The monoisotopic (exact) mass is 275 g/mol. The molecule has 1 aliphatic rings. The molecule has 1 amide bonds. The molecule has 1 saturated heterocycles. The normalized spacial score (nSPS) is 21.4. The molecule has 20 heavy (non-hydrogen) atoms. The minimum absolute atomic E-state index is 0.0598. The number of benzene rings is 1. The number of anilines is 1. The van der Waals surface area contributed by atoms with Crippen LogP contribution in [0.3, 0.4) is 0 Å². The van der Waals surface area contributed by atoms with Gasteiger partial charge in [0, 0.05) is 18.3 Å². The Labute approximate surface area is 121 Å². The zero-order valence-electron chi connectivity index (χ0n) is 12.4. The van der Waals surface area contributed by atoms with Gasteiger partial charge in [0.05, 0.1) is 6.54 Å². The number of para-hydroxylation sites is 1. The van der Waals surface area contributed by atoms with Crippen LogP contribution in [-0.2, 0) is 4.79 Å². The average molecular weight is 275 g/mol. The number of carbonyl (C=O) groups is 1. The molecule has 0 saturated carbocycles. The van der Waals surface area contributed by atoms with E-state index in [1.165, 1.54) is 6.42 Å². The highest BCUT2D eigenvalue weighted by atomic mass is 16.2. The lowest BCUT2D eigenvalue weighted by molar-refractivity contribution is -0.117. The fraction of sp³-hybridized carbons (Fsp3) is 0.562. The van der Waals surface area contributed by atoms with Gasteiger partial charge in [-0.25, -0.2) is 0 Å². The lowest BCUT2D eigenvalue weighted by Crippen LogP contribution is -2.45. The van der Waals surface area contributed by atoms with E-state index >= 15 is 0 Å². The number of aryl methyl sites for hydroxylation is 1. The summed E-state index contributed by atoms with van der Waals surface area (Å²) in [4.78, 5) is 14.3. The number of nitrogens with two attached hydrogens (primary N) is 1. The largest absolute Gasteiger partial charge is 0.328 e. The van der Waals surface area contributed by atoms with E-state index in [-0.39, 0.29) is 11.9 Å². The Balaban J connectivity index is 1.87. The molecule has 2 unspecified atom stereocenters. The molecule has 0 radical (unpaired) electrons. The molecule has 4 nitrogen and oxygen atoms in total. The second-order valence-electron chi connectivity index (χ2n) is 5.86. The minimum Gasteiger partial charge on any atom is -0.328 e. The lowest BCUT2D eigenvalue weighted by Gasteiger charge is -2.34. The molecule has 2 atom stereocenters. The highest BCUT2D eigenvalue weighted by Gasteiger charge is 2.23. The van der Waals surface area contributed by atoms with E-state index in [2.05, 4.69) is 17.1 Å². The predicted molar refractivity (Wildman–Crippen MR) is 82.6 cm³/mol. The second-order valence-corrected chi connectivity index (χ2v) is 5.86. The molecule has 1 heterocycles. The Bertz CT molecular complexity index is 459. The SMILES string of the molecule is Cc1ccccc1NC(=O)CN1CCCC(C(C)N)C1. The average Bonchev–Trinajstić information content (AvgIpc) is 2.41. The van der Waals surface area contributed by atoms with Gasteiger partial charge < -0.3 is 11.1 Å². The third-order valence-electron chi connectivity index (χ3n) is 4.07. The van der Waals surface area contributed by atoms with Crippen LogP contribution in [0.1, 0.15) is 25.3 Å². The van der Waals surface area contributed by atoms with Crippen molar-refractivity contribution in [2.75, 3.05) is 25.0 Å². The van der Waals surface area contributed by atoms with Crippen LogP contribution < -0.4 is 11.1 Å². The minimum atomic E-state index is 0.0598. The number of amides is 1. The summed E-state index contributed by atoms with van der Waals surface area (Å²) < 4.78 is 0. The molecule has 4 heteroatoms. The Kier molecular flexibility index (Phi) is 5.15. The highest BCUT2D eigenvalue weighted by Crippen LogP contribution is 2.19. The van der Waals surface area contributed by atoms with Gasteiger partial charge in [-0.2, -0.15) is 0 Å². The zero-order chi connectivity index (χ0) is 14.5. The smallest absolute Gasteiger partial charge is 0.238 e. The lowest BCUT2D eigenvalue weighted by atomic mass is 9.92. The number of nitrogens with one attached hydrogen (secondary N) is 1. The number of likely N-dealkylation sites (tertiary alicyclic amines) is 1. The molecule has 0 bridgehead atoms. The van der Waals surface area contributed by atoms with Gasteiger partial charge in [0.2, 0.25) is 5.91 Å². The summed E-state index contributed by atoms with van der Waals surface area (Å²) >= 11 is 0. The first-order valence-corrected chi connectivity index (χ1v) is 7.39. The van der Waals surface area contributed by atoms with Crippen LogP contribution in [0.15, 0.2) is 24.3 Å². The van der Waals surface area contributed by atoms with E-state index < -0.39 is 0 Å². The molecule has 0 aromatic heterocycles. The van der Waals surface area contributed by atoms with E-state index in [1.54, 1.807) is 0 Å². The van der Waals surface area contributed by atoms with Crippen molar-refractivity contribution < 1.29 is 4.79 Å². The Hall–Kier alpha value is -1.39. The van der Waals surface area contributed by atoms with Crippen LogP contribution >= 0.6 is 0 Å². The van der Waals surface area contributed by atoms with Crippen LogP contribution in [0.5, 0.6) is 0 Å². The summed E-state index contributed by atoms with van der Waals surface area (Å²) in [5.41, 5.74) is 7.97. The summed E-state index contributed by atoms with van der Waals surface area (Å²) in [6.07, 6.45) is 2.30. The summed E-state index contributed by atoms with van der Waals surface area (Å²) in [5, 5.41) is 2.99. The maximum atomic E-state index is 12.1. The van der Waals surface area contributed by atoms with Gasteiger partial charge in [0.25, 0.3) is 0 Å². The first-order valence-electron chi connectivity index (χ1n) is 7.39. The number of hydrogen-bond acceptors (Lipinski definition) is 3. The first-order chi connectivity index (χ1) is 9.56. The van der Waals surface area contributed by atoms with Crippen LogP contribution in [0.25, 0.3) is 0 Å². The van der Waals surface area contributed by atoms with E-state index in [0.29, 0.717) is 12.5 Å². The fourth-order valence-corrected chi connectivity index (χ4v) is 2.77. The van der Waals surface area contributed by atoms with Crippen molar-refractivity contribution >= 4 is 11.6 Å². The first kappa shape index (κ1) is 15.0. The number of hydrogen-bond donors (Lipinski definition) is 2. The molecular formula is C16H25N3O. The van der Waals surface area contributed by atoms with Crippen molar-refractivity contribution in [2.24, 2.45) is 11.7 Å². The van der Waals surface area contributed by atoms with Crippen molar-refractivity contribution in [1.82, 2.24) is 4.90 Å². The highest BCUT2D eigenvalue weighted by molar-refractivity contribution is 5.92. The van der Waals surface area contributed by atoms with Crippen LogP contribution in [0.4, 0.5) is 5.69 Å². The van der Waals surface area contributed by atoms with Crippen molar-refractivity contribution in [3.8, 4) is 0 Å². The van der Waals surface area contributed by atoms with E-state index in [9.17, 15) is 4.79 Å². The summed E-state index contributed by atoms with van der Waals surface area (Å²) in [5.74, 6) is 0.569. The molecule has 1 aromatic rings. The predicted octanol–water partition coefficient (Wildman–Crippen LogP) is 1.99. The zero-order valence-corrected chi connectivity index (χ0v) is 12.4. The standard InChI is InChI=1S/C16H25N3O/c1-12-6-3-4-8-15(12)18-16(20)11-19-9-5-7-14(10-19)13(2)17/h3-4,6,8,13-14H,5,7,9-11,17H2,1-2H3,(H,18,20). The van der Waals surface area contributed by atoms with Gasteiger partial charge >= 0.3 is 0 Å². The van der Waals surface area contributed by atoms with Crippen molar-refractivity contribution in [2.45, 2.75) is 32.7 Å². The molecule has 1 aliphatic heterocycles. The molecular weight excluding hydrogens is 250 g/mol. The van der Waals surface area contributed by atoms with Gasteiger partial charge in [0.15, 0.2) is 0 Å². The maximum Gasteiger partial charge on any atom is 0.238 e. The molecule has 1 aromatic carbocycles. The summed E-state index contributed by atoms with van der Waals surface area (Å²) in [6.45, 7) is 6.44. The number of nitrogens with zero attached hydrogens (tertiary/aromatic N) is 1. The third kappa shape index (κ3) is 4.05. The van der Waals surface area contributed by atoms with E-state index in [1.807, 2.05) is 31.2 Å². The van der Waals surface area contributed by atoms with Gasteiger partial charge in [-0.05, 0) is 50.8 Å². The van der Waals surface area contributed by atoms with Crippen LogP contribution in [-0.4, -0.2) is 36.5 Å². The maximum absolute atomic E-state index is 12.1. The van der Waals surface area contributed by atoms with Crippen molar-refractivity contribution in [1.29, 1.82) is 0 Å². The Morgan fingerprint density at radius 1 is 1.50 bits per heavy atom. The van der Waals surface area contributed by atoms with Gasteiger partial charge in [-0.15, -0.1) is 0 Å². The number of piperidine rings is 1. The van der Waals surface area contributed by atoms with Gasteiger partial charge in [-0.1, -0.05) is 18.2 Å². The van der Waals surface area contributed by atoms with Crippen LogP contribution in [0.2, 0.25) is 0 Å². The molecule has 0 spiro atoms. The topological polar surface area (TPSA) is 58.4 Å². The van der Waals surface area contributed by atoms with Crippen molar-refractivity contribution in [3.05, 3.63) is 29.8 Å². The van der Waals surface area contributed by atoms with Crippen molar-refractivity contribution in [3.63, 3.8) is 0 Å². The van der Waals surface area contributed by atoms with Gasteiger partial charge in [-0.3, -0.25) is 9.69 Å². The second kappa shape index (κ2) is 6.86. The van der Waals surface area contributed by atoms with Gasteiger partial charge in [0.1, 0.15) is 0 Å². The fourth-order valence-electron chi connectivity index (χ4n) is 2.77. The van der Waals surface area contributed by atoms with E-state index in [0.717, 1.165) is 30.8 Å². The molecule has 0 aliphatic carbocycles. The quantitative estimate of drug-likeness (QED) is 0.883. The molecule has 110 valence electrons. The molecule has 1 fully saturated rings. The third-order valence-corrected chi connectivity index (χ3v) is 4.07. The number of rotatable bonds is 4. The molecule has 2 rings (SSSR count). The number of carbonyl (C=O) groups excluding carboxylic acids is 1. The van der Waals surface area contributed by atoms with E-state index in [4.69, 9.17) is 5.73 Å².